The lowest BCUT2D eigenvalue weighted by molar-refractivity contribution is 0.102. The third-order valence-corrected chi connectivity index (χ3v) is 4.71. The number of hydrogen-bond acceptors (Lipinski definition) is 3. The summed E-state index contributed by atoms with van der Waals surface area (Å²) in [4.78, 5) is 17.9. The average molecular weight is 322 g/mol. The van der Waals surface area contributed by atoms with Gasteiger partial charge in [-0.05, 0) is 31.5 Å². The summed E-state index contributed by atoms with van der Waals surface area (Å²) < 4.78 is 0. The summed E-state index contributed by atoms with van der Waals surface area (Å²) in [5.41, 5.74) is 4.00. The number of benzene rings is 2. The summed E-state index contributed by atoms with van der Waals surface area (Å²) in [5.74, 6) is -0.120. The van der Waals surface area contributed by atoms with Crippen molar-refractivity contribution in [3.63, 3.8) is 0 Å². The minimum absolute atomic E-state index is 0.120. The van der Waals surface area contributed by atoms with Crippen LogP contribution < -0.4 is 5.32 Å². The van der Waals surface area contributed by atoms with Gasteiger partial charge in [-0.2, -0.15) is 0 Å². The molecule has 0 saturated carbocycles. The Hall–Kier alpha value is -2.46. The Kier molecular flexibility index (Phi) is 4.53. The Balaban J connectivity index is 1.73. The minimum Gasteiger partial charge on any atom is -0.298 e. The molecule has 1 N–H and O–H groups in total. The Bertz CT molecular complexity index is 807. The zero-order valence-corrected chi connectivity index (χ0v) is 14.0. The first-order valence-electron chi connectivity index (χ1n) is 7.50. The number of nitrogens with zero attached hydrogens (tertiary/aromatic N) is 1. The summed E-state index contributed by atoms with van der Waals surface area (Å²) >= 11 is 1.54. The summed E-state index contributed by atoms with van der Waals surface area (Å²) in [6.45, 7) is 3.98. The average Bonchev–Trinajstić information content (AvgIpc) is 2.88. The molecule has 3 aromatic rings. The van der Waals surface area contributed by atoms with Crippen molar-refractivity contribution in [2.24, 2.45) is 0 Å². The maximum atomic E-state index is 12.3. The van der Waals surface area contributed by atoms with Gasteiger partial charge in [0.05, 0.1) is 5.69 Å². The molecule has 0 aliphatic carbocycles. The van der Waals surface area contributed by atoms with E-state index < -0.39 is 0 Å². The van der Waals surface area contributed by atoms with Crippen molar-refractivity contribution >= 4 is 22.4 Å². The fourth-order valence-electron chi connectivity index (χ4n) is 2.30. The topological polar surface area (TPSA) is 42.0 Å². The van der Waals surface area contributed by atoms with Crippen LogP contribution in [0.2, 0.25) is 0 Å². The largest absolute Gasteiger partial charge is 0.298 e. The van der Waals surface area contributed by atoms with Gasteiger partial charge in [-0.25, -0.2) is 4.98 Å². The third-order valence-electron chi connectivity index (χ3n) is 3.63. The first kappa shape index (κ1) is 15.4. The lowest BCUT2D eigenvalue weighted by Crippen LogP contribution is -2.11. The van der Waals surface area contributed by atoms with E-state index in [2.05, 4.69) is 22.4 Å². The highest BCUT2D eigenvalue weighted by atomic mass is 32.1. The van der Waals surface area contributed by atoms with Crippen molar-refractivity contribution in [2.45, 2.75) is 20.3 Å². The van der Waals surface area contributed by atoms with Gasteiger partial charge in [0, 0.05) is 16.9 Å². The first-order chi connectivity index (χ1) is 11.1. The smallest absolute Gasteiger partial charge is 0.257 e. The van der Waals surface area contributed by atoms with Crippen LogP contribution in [0.25, 0.3) is 0 Å². The van der Waals surface area contributed by atoms with E-state index in [9.17, 15) is 4.79 Å². The van der Waals surface area contributed by atoms with E-state index >= 15 is 0 Å². The van der Waals surface area contributed by atoms with Gasteiger partial charge in [-0.3, -0.25) is 10.1 Å². The molecule has 1 aromatic heterocycles. The van der Waals surface area contributed by atoms with Crippen molar-refractivity contribution in [1.82, 2.24) is 4.98 Å². The number of carbonyl (C=O) groups excluding carboxylic acids is 1. The van der Waals surface area contributed by atoms with Crippen molar-refractivity contribution < 1.29 is 4.79 Å². The van der Waals surface area contributed by atoms with E-state index in [4.69, 9.17) is 0 Å². The molecule has 0 spiro atoms. The van der Waals surface area contributed by atoms with Crippen molar-refractivity contribution in [3.05, 3.63) is 81.9 Å². The number of aromatic nitrogens is 1. The van der Waals surface area contributed by atoms with E-state index in [1.165, 1.54) is 21.8 Å². The summed E-state index contributed by atoms with van der Waals surface area (Å²) in [5, 5.41) is 3.55. The zero-order valence-electron chi connectivity index (χ0n) is 13.2. The molecule has 0 radical (unpaired) electrons. The van der Waals surface area contributed by atoms with Crippen LogP contribution in [-0.2, 0) is 6.42 Å². The number of amides is 1. The van der Waals surface area contributed by atoms with Crippen LogP contribution in [0, 0.1) is 13.8 Å². The quantitative estimate of drug-likeness (QED) is 0.762. The molecule has 1 amide bonds. The Morgan fingerprint density at radius 3 is 2.43 bits per heavy atom. The molecule has 0 aliphatic rings. The van der Waals surface area contributed by atoms with Crippen molar-refractivity contribution in [1.29, 1.82) is 0 Å². The molecule has 2 aromatic carbocycles. The van der Waals surface area contributed by atoms with Gasteiger partial charge in [-0.15, -0.1) is 11.3 Å². The summed E-state index contributed by atoms with van der Waals surface area (Å²) in [7, 11) is 0. The number of anilines is 1. The molecule has 0 aliphatic heterocycles. The molecule has 0 atom stereocenters. The second-order valence-corrected chi connectivity index (χ2v) is 6.59. The van der Waals surface area contributed by atoms with Crippen LogP contribution in [-0.4, -0.2) is 10.9 Å². The maximum absolute atomic E-state index is 12.3. The van der Waals surface area contributed by atoms with E-state index in [0.717, 1.165) is 17.7 Å². The molecule has 1 heterocycles. The number of thiazole rings is 1. The van der Waals surface area contributed by atoms with Crippen LogP contribution in [0.5, 0.6) is 0 Å². The SMILES string of the molecule is Cc1ccc(C(=O)Nc2nc(C)c(Cc3ccccc3)s2)cc1. The highest BCUT2D eigenvalue weighted by Gasteiger charge is 2.12. The number of carbonyl (C=O) groups is 1. The summed E-state index contributed by atoms with van der Waals surface area (Å²) in [6, 6.07) is 17.8. The van der Waals surface area contributed by atoms with E-state index in [1.54, 1.807) is 0 Å². The molecule has 3 rings (SSSR count). The number of rotatable bonds is 4. The number of aryl methyl sites for hydroxylation is 2. The molecule has 3 nitrogen and oxygen atoms in total. The minimum atomic E-state index is -0.120. The fourth-order valence-corrected chi connectivity index (χ4v) is 3.29. The summed E-state index contributed by atoms with van der Waals surface area (Å²) in [6.07, 6.45) is 0.838. The Morgan fingerprint density at radius 2 is 1.74 bits per heavy atom. The van der Waals surface area contributed by atoms with Gasteiger partial charge in [-0.1, -0.05) is 48.0 Å². The molecule has 4 heteroatoms. The molecule has 0 unspecified atom stereocenters. The van der Waals surface area contributed by atoms with E-state index in [1.807, 2.05) is 56.3 Å². The molecule has 0 bridgehead atoms. The van der Waals surface area contributed by atoms with Crippen molar-refractivity contribution in [3.8, 4) is 0 Å². The van der Waals surface area contributed by atoms with Gasteiger partial charge in [0.2, 0.25) is 0 Å². The second-order valence-electron chi connectivity index (χ2n) is 5.51. The van der Waals surface area contributed by atoms with Gasteiger partial charge in [0.25, 0.3) is 5.91 Å². The monoisotopic (exact) mass is 322 g/mol. The Morgan fingerprint density at radius 1 is 1.04 bits per heavy atom. The maximum Gasteiger partial charge on any atom is 0.257 e. The van der Waals surface area contributed by atoms with Crippen molar-refractivity contribution in [2.75, 3.05) is 5.32 Å². The third kappa shape index (κ3) is 3.85. The molecule has 23 heavy (non-hydrogen) atoms. The molecular weight excluding hydrogens is 304 g/mol. The van der Waals surface area contributed by atoms with Crippen LogP contribution in [0.4, 0.5) is 5.13 Å². The van der Waals surface area contributed by atoms with Crippen LogP contribution in [0.15, 0.2) is 54.6 Å². The molecule has 116 valence electrons. The van der Waals surface area contributed by atoms with E-state index in [-0.39, 0.29) is 5.91 Å². The molecule has 0 saturated heterocycles. The van der Waals surface area contributed by atoms with Gasteiger partial charge >= 0.3 is 0 Å². The normalized spacial score (nSPS) is 10.5. The molecule has 0 fully saturated rings. The Labute approximate surface area is 140 Å². The van der Waals surface area contributed by atoms with Crippen LogP contribution in [0.1, 0.15) is 32.1 Å². The predicted octanol–water partition coefficient (Wildman–Crippen LogP) is 4.60. The van der Waals surface area contributed by atoms with E-state index in [0.29, 0.717) is 10.7 Å². The lowest BCUT2D eigenvalue weighted by Gasteiger charge is -2.01. The predicted molar refractivity (Wildman–Crippen MR) is 95.2 cm³/mol. The lowest BCUT2D eigenvalue weighted by atomic mass is 10.1. The second kappa shape index (κ2) is 6.75. The first-order valence-corrected chi connectivity index (χ1v) is 8.32. The van der Waals surface area contributed by atoms with Gasteiger partial charge in [0.1, 0.15) is 0 Å². The van der Waals surface area contributed by atoms with Crippen LogP contribution in [0.3, 0.4) is 0 Å². The highest BCUT2D eigenvalue weighted by Crippen LogP contribution is 2.25. The number of hydrogen-bond donors (Lipinski definition) is 1. The number of nitrogens with one attached hydrogen (secondary N) is 1. The highest BCUT2D eigenvalue weighted by molar-refractivity contribution is 7.15. The zero-order chi connectivity index (χ0) is 16.2. The van der Waals surface area contributed by atoms with Gasteiger partial charge in [0.15, 0.2) is 5.13 Å². The van der Waals surface area contributed by atoms with Crippen LogP contribution >= 0.6 is 11.3 Å². The molecular formula is C19H18N2OS. The fraction of sp³-hybridized carbons (Fsp3) is 0.158. The standard InChI is InChI=1S/C19H18N2OS/c1-13-8-10-16(11-9-13)18(22)21-19-20-14(2)17(23-19)12-15-6-4-3-5-7-15/h3-11H,12H2,1-2H3,(H,20,21,22). The van der Waals surface area contributed by atoms with Gasteiger partial charge < -0.3 is 0 Å².